The minimum Gasteiger partial charge on any atom is -0.504 e. The molecule has 0 amide bonds. The lowest BCUT2D eigenvalue weighted by atomic mass is 10.2. The molecule has 0 aromatic heterocycles. The first-order valence-corrected chi connectivity index (χ1v) is 4.85. The molecule has 0 saturated heterocycles. The zero-order chi connectivity index (χ0) is 9.84. The molecule has 1 aromatic carbocycles. The van der Waals surface area contributed by atoms with E-state index in [-0.39, 0.29) is 5.75 Å². The summed E-state index contributed by atoms with van der Waals surface area (Å²) in [5, 5.41) is 10.1. The first-order valence-electron chi connectivity index (χ1n) is 3.72. The third kappa shape index (κ3) is 2.06. The molecule has 0 radical (unpaired) electrons. The van der Waals surface area contributed by atoms with Gasteiger partial charge in [-0.05, 0) is 6.07 Å². The Bertz CT molecular complexity index is 299. The second kappa shape index (κ2) is 4.37. The van der Waals surface area contributed by atoms with E-state index >= 15 is 0 Å². The molecule has 1 rings (SSSR count). The van der Waals surface area contributed by atoms with E-state index in [4.69, 9.17) is 9.47 Å². The van der Waals surface area contributed by atoms with Crippen LogP contribution in [0.1, 0.15) is 5.56 Å². The number of alkyl halides is 1. The van der Waals surface area contributed by atoms with Crippen LogP contribution in [0.2, 0.25) is 0 Å². The van der Waals surface area contributed by atoms with Gasteiger partial charge in [0, 0.05) is 17.0 Å². The number of halogens is 1. The number of hydrogen-bond donors (Lipinski definition) is 1. The Morgan fingerprint density at radius 2 is 1.85 bits per heavy atom. The summed E-state index contributed by atoms with van der Waals surface area (Å²) in [6.07, 6.45) is 0. The average molecular weight is 247 g/mol. The third-order valence-corrected chi connectivity index (χ3v) is 2.33. The first-order chi connectivity index (χ1) is 6.22. The highest BCUT2D eigenvalue weighted by Crippen LogP contribution is 2.34. The van der Waals surface area contributed by atoms with Gasteiger partial charge in [0.05, 0.1) is 14.2 Å². The van der Waals surface area contributed by atoms with Gasteiger partial charge in [0.15, 0.2) is 11.5 Å². The van der Waals surface area contributed by atoms with Crippen LogP contribution in [0.5, 0.6) is 17.2 Å². The lowest BCUT2D eigenvalue weighted by Crippen LogP contribution is -1.91. The van der Waals surface area contributed by atoms with Gasteiger partial charge in [-0.1, -0.05) is 15.9 Å². The molecule has 0 aliphatic rings. The lowest BCUT2D eigenvalue weighted by Gasteiger charge is -2.09. The smallest absolute Gasteiger partial charge is 0.161 e. The fourth-order valence-corrected chi connectivity index (χ4v) is 1.49. The van der Waals surface area contributed by atoms with Crippen molar-refractivity contribution in [1.82, 2.24) is 0 Å². The minimum atomic E-state index is 0.0871. The molecule has 0 aliphatic heterocycles. The fourth-order valence-electron chi connectivity index (χ4n) is 1.05. The Balaban J connectivity index is 3.18. The van der Waals surface area contributed by atoms with Crippen LogP contribution in [0.25, 0.3) is 0 Å². The predicted molar refractivity (Wildman–Crippen MR) is 53.8 cm³/mol. The predicted octanol–water partition coefficient (Wildman–Crippen LogP) is 2.30. The normalized spacial score (nSPS) is 9.77. The maximum Gasteiger partial charge on any atom is 0.161 e. The molecule has 4 heteroatoms. The largest absolute Gasteiger partial charge is 0.504 e. The SMILES string of the molecule is COc1cc(CBr)c(OC)cc1O. The third-order valence-electron chi connectivity index (χ3n) is 1.73. The summed E-state index contributed by atoms with van der Waals surface area (Å²) in [5.41, 5.74) is 0.942. The van der Waals surface area contributed by atoms with Gasteiger partial charge in [0.25, 0.3) is 0 Å². The summed E-state index contributed by atoms with van der Waals surface area (Å²) < 4.78 is 10.0. The van der Waals surface area contributed by atoms with Gasteiger partial charge in [0.2, 0.25) is 0 Å². The summed E-state index contributed by atoms with van der Waals surface area (Å²) in [5.74, 6) is 1.19. The number of ether oxygens (including phenoxy) is 2. The van der Waals surface area contributed by atoms with Crippen molar-refractivity contribution in [2.24, 2.45) is 0 Å². The average Bonchev–Trinajstić information content (AvgIpc) is 2.17. The van der Waals surface area contributed by atoms with Gasteiger partial charge in [-0.3, -0.25) is 0 Å². The summed E-state index contributed by atoms with van der Waals surface area (Å²) >= 11 is 3.32. The Hall–Kier alpha value is -0.900. The van der Waals surface area contributed by atoms with Gasteiger partial charge in [0.1, 0.15) is 5.75 Å². The number of methoxy groups -OCH3 is 2. The van der Waals surface area contributed by atoms with Crippen molar-refractivity contribution in [3.63, 3.8) is 0 Å². The van der Waals surface area contributed by atoms with E-state index in [0.29, 0.717) is 16.8 Å². The van der Waals surface area contributed by atoms with Crippen molar-refractivity contribution in [1.29, 1.82) is 0 Å². The number of hydrogen-bond acceptors (Lipinski definition) is 3. The van der Waals surface area contributed by atoms with E-state index in [2.05, 4.69) is 15.9 Å². The standard InChI is InChI=1S/C9H11BrO3/c1-12-8-4-7(11)9(13-2)3-6(8)5-10/h3-4,11H,5H2,1-2H3. The van der Waals surface area contributed by atoms with Gasteiger partial charge in [-0.2, -0.15) is 0 Å². The second-order valence-electron chi connectivity index (χ2n) is 2.47. The highest BCUT2D eigenvalue weighted by Gasteiger charge is 2.08. The van der Waals surface area contributed by atoms with E-state index in [9.17, 15) is 5.11 Å². The Morgan fingerprint density at radius 1 is 1.23 bits per heavy atom. The monoisotopic (exact) mass is 246 g/mol. The summed E-state index contributed by atoms with van der Waals surface area (Å²) in [7, 11) is 3.08. The van der Waals surface area contributed by atoms with Crippen molar-refractivity contribution >= 4 is 15.9 Å². The van der Waals surface area contributed by atoms with Gasteiger partial charge in [-0.15, -0.1) is 0 Å². The van der Waals surface area contributed by atoms with E-state index < -0.39 is 0 Å². The zero-order valence-electron chi connectivity index (χ0n) is 7.50. The Morgan fingerprint density at radius 3 is 2.31 bits per heavy atom. The van der Waals surface area contributed by atoms with Gasteiger partial charge in [-0.25, -0.2) is 0 Å². The maximum absolute atomic E-state index is 9.42. The van der Waals surface area contributed by atoms with Crippen molar-refractivity contribution in [2.45, 2.75) is 5.33 Å². The maximum atomic E-state index is 9.42. The summed E-state index contributed by atoms with van der Waals surface area (Å²) in [6, 6.07) is 3.28. The van der Waals surface area contributed by atoms with E-state index in [0.717, 1.165) is 5.56 Å². The van der Waals surface area contributed by atoms with Crippen molar-refractivity contribution in [2.75, 3.05) is 14.2 Å². The van der Waals surface area contributed by atoms with Crippen molar-refractivity contribution in [3.8, 4) is 17.2 Å². The number of rotatable bonds is 3. The van der Waals surface area contributed by atoms with Crippen LogP contribution in [-0.2, 0) is 5.33 Å². The number of aromatic hydroxyl groups is 1. The molecule has 1 aromatic rings. The molecule has 0 spiro atoms. The Kier molecular flexibility index (Phi) is 3.42. The molecule has 0 atom stereocenters. The fraction of sp³-hybridized carbons (Fsp3) is 0.333. The van der Waals surface area contributed by atoms with E-state index in [1.807, 2.05) is 0 Å². The van der Waals surface area contributed by atoms with Crippen LogP contribution in [-0.4, -0.2) is 19.3 Å². The molecule has 0 fully saturated rings. The quantitative estimate of drug-likeness (QED) is 0.833. The van der Waals surface area contributed by atoms with Crippen molar-refractivity contribution in [3.05, 3.63) is 17.7 Å². The molecule has 0 unspecified atom stereocenters. The van der Waals surface area contributed by atoms with Gasteiger partial charge < -0.3 is 14.6 Å². The molecule has 0 aliphatic carbocycles. The molecular formula is C9H11BrO3. The highest BCUT2D eigenvalue weighted by molar-refractivity contribution is 9.08. The summed E-state index contributed by atoms with van der Waals surface area (Å²) in [4.78, 5) is 0. The minimum absolute atomic E-state index is 0.0871. The zero-order valence-corrected chi connectivity index (χ0v) is 9.09. The van der Waals surface area contributed by atoms with Crippen LogP contribution in [0.4, 0.5) is 0 Å². The van der Waals surface area contributed by atoms with Crippen LogP contribution < -0.4 is 9.47 Å². The number of phenolic OH excluding ortho intramolecular Hbond substituents is 1. The molecule has 0 bridgehead atoms. The van der Waals surface area contributed by atoms with E-state index in [1.165, 1.54) is 13.2 Å². The van der Waals surface area contributed by atoms with Crippen LogP contribution in [0, 0.1) is 0 Å². The van der Waals surface area contributed by atoms with Crippen LogP contribution >= 0.6 is 15.9 Å². The van der Waals surface area contributed by atoms with E-state index in [1.54, 1.807) is 13.2 Å². The van der Waals surface area contributed by atoms with Gasteiger partial charge >= 0.3 is 0 Å². The first kappa shape index (κ1) is 10.2. The molecule has 0 heterocycles. The second-order valence-corrected chi connectivity index (χ2v) is 3.03. The molecule has 72 valence electrons. The molecular weight excluding hydrogens is 236 g/mol. The highest BCUT2D eigenvalue weighted by atomic mass is 79.9. The lowest BCUT2D eigenvalue weighted by molar-refractivity contribution is 0.364. The Labute approximate surface area is 85.4 Å². The number of phenols is 1. The molecule has 1 N–H and O–H groups in total. The molecule has 13 heavy (non-hydrogen) atoms. The van der Waals surface area contributed by atoms with Crippen molar-refractivity contribution < 1.29 is 14.6 Å². The summed E-state index contributed by atoms with van der Waals surface area (Å²) in [6.45, 7) is 0. The molecule has 3 nitrogen and oxygen atoms in total. The number of benzene rings is 1. The molecule has 0 saturated carbocycles. The topological polar surface area (TPSA) is 38.7 Å². The van der Waals surface area contributed by atoms with Crippen LogP contribution in [0.3, 0.4) is 0 Å². The van der Waals surface area contributed by atoms with Crippen LogP contribution in [0.15, 0.2) is 12.1 Å².